The van der Waals surface area contributed by atoms with Crippen LogP contribution < -0.4 is 0 Å². The van der Waals surface area contributed by atoms with Gasteiger partial charge in [-0.3, -0.25) is 4.79 Å². The van der Waals surface area contributed by atoms with E-state index in [1.54, 1.807) is 27.9 Å². The molecule has 0 aliphatic carbocycles. The highest BCUT2D eigenvalue weighted by Gasteiger charge is 2.41. The summed E-state index contributed by atoms with van der Waals surface area (Å²) in [5.74, 6) is -0.300. The van der Waals surface area contributed by atoms with Gasteiger partial charge in [0.25, 0.3) is 0 Å². The van der Waals surface area contributed by atoms with Gasteiger partial charge in [-0.05, 0) is 38.0 Å². The minimum Gasteiger partial charge on any atom is -0.381 e. The van der Waals surface area contributed by atoms with Crippen molar-refractivity contribution in [2.75, 3.05) is 13.1 Å². The van der Waals surface area contributed by atoms with Crippen LogP contribution in [0.3, 0.4) is 0 Å². The van der Waals surface area contributed by atoms with Gasteiger partial charge < -0.3 is 10.0 Å². The number of benzene rings is 1. The van der Waals surface area contributed by atoms with Gasteiger partial charge in [0.05, 0.1) is 12.7 Å². The van der Waals surface area contributed by atoms with Crippen LogP contribution in [0.4, 0.5) is 4.39 Å². The minimum atomic E-state index is -1.14. The second-order valence-corrected chi connectivity index (χ2v) is 6.90. The number of carbonyl (C=O) groups is 1. The third-order valence-corrected chi connectivity index (χ3v) is 4.66. The monoisotopic (exact) mass is 346 g/mol. The van der Waals surface area contributed by atoms with Crippen LogP contribution in [0.1, 0.15) is 44.0 Å². The summed E-state index contributed by atoms with van der Waals surface area (Å²) in [5.41, 5.74) is 0.290. The Bertz CT molecular complexity index is 744. The lowest BCUT2D eigenvalue weighted by Gasteiger charge is -2.21. The number of hydrogen-bond donors (Lipinski definition) is 1. The summed E-state index contributed by atoms with van der Waals surface area (Å²) in [6.45, 7) is 4.70. The quantitative estimate of drug-likeness (QED) is 0.899. The fourth-order valence-electron chi connectivity index (χ4n) is 3.02. The Labute approximate surface area is 146 Å². The van der Waals surface area contributed by atoms with Crippen molar-refractivity contribution in [3.63, 3.8) is 0 Å². The number of likely N-dealkylation sites (tertiary alicyclic amines) is 1. The Morgan fingerprint density at radius 1 is 1.36 bits per heavy atom. The molecule has 25 heavy (non-hydrogen) atoms. The van der Waals surface area contributed by atoms with Gasteiger partial charge >= 0.3 is 0 Å². The van der Waals surface area contributed by atoms with Crippen molar-refractivity contribution in [2.45, 2.75) is 44.8 Å². The number of aryl methyl sites for hydroxylation is 1. The summed E-state index contributed by atoms with van der Waals surface area (Å²) >= 11 is 0. The standard InChI is InChI=1S/C18H23FN4O2/c1-13(2)23-11-16(20-21-23)18(25)9-10-22(12-18)17(24)8-5-14-3-6-15(19)7-4-14/h3-4,6-7,11,13,25H,5,8-10,12H2,1-2H3/t18-/m0/s1. The molecular weight excluding hydrogens is 323 g/mol. The molecule has 1 aromatic heterocycles. The van der Waals surface area contributed by atoms with E-state index in [2.05, 4.69) is 10.3 Å². The molecule has 1 fully saturated rings. The van der Waals surface area contributed by atoms with Gasteiger partial charge in [-0.1, -0.05) is 17.3 Å². The number of β-amino-alcohol motifs (C(OH)–C–C–N with tert-alkyl or cyclic N) is 1. The first-order chi connectivity index (χ1) is 11.9. The van der Waals surface area contributed by atoms with Gasteiger partial charge in [0.2, 0.25) is 5.91 Å². The zero-order valence-electron chi connectivity index (χ0n) is 14.5. The lowest BCUT2D eigenvalue weighted by atomic mass is 10.00. The number of halogens is 1. The molecule has 2 aromatic rings. The van der Waals surface area contributed by atoms with Crippen molar-refractivity contribution in [1.82, 2.24) is 19.9 Å². The maximum atomic E-state index is 12.9. The number of amides is 1. The van der Waals surface area contributed by atoms with Crippen LogP contribution in [0.5, 0.6) is 0 Å². The molecule has 0 saturated carbocycles. The zero-order valence-corrected chi connectivity index (χ0v) is 14.5. The predicted octanol–water partition coefficient (Wildman–Crippen LogP) is 2.05. The lowest BCUT2D eigenvalue weighted by Crippen LogP contribution is -2.34. The summed E-state index contributed by atoms with van der Waals surface area (Å²) in [5, 5.41) is 18.9. The normalized spacial score (nSPS) is 20.4. The van der Waals surface area contributed by atoms with Crippen LogP contribution in [0.25, 0.3) is 0 Å². The zero-order chi connectivity index (χ0) is 18.0. The summed E-state index contributed by atoms with van der Waals surface area (Å²) in [6, 6.07) is 6.33. The molecule has 6 nitrogen and oxygen atoms in total. The Balaban J connectivity index is 1.59. The second-order valence-electron chi connectivity index (χ2n) is 6.90. The molecule has 0 bridgehead atoms. The maximum Gasteiger partial charge on any atom is 0.223 e. The molecule has 0 unspecified atom stereocenters. The molecule has 2 heterocycles. The highest BCUT2D eigenvalue weighted by Crippen LogP contribution is 2.31. The van der Waals surface area contributed by atoms with E-state index in [0.717, 1.165) is 5.56 Å². The van der Waals surface area contributed by atoms with E-state index in [1.807, 2.05) is 13.8 Å². The summed E-state index contributed by atoms with van der Waals surface area (Å²) in [6.07, 6.45) is 3.08. The van der Waals surface area contributed by atoms with Gasteiger partial charge in [-0.15, -0.1) is 5.10 Å². The number of rotatable bonds is 5. The lowest BCUT2D eigenvalue weighted by molar-refractivity contribution is -0.131. The fraction of sp³-hybridized carbons (Fsp3) is 0.500. The Kier molecular flexibility index (Phi) is 4.85. The molecule has 7 heteroatoms. The molecule has 134 valence electrons. The van der Waals surface area contributed by atoms with E-state index < -0.39 is 5.60 Å². The fourth-order valence-corrected chi connectivity index (χ4v) is 3.02. The second kappa shape index (κ2) is 6.92. The Morgan fingerprint density at radius 2 is 2.08 bits per heavy atom. The third-order valence-electron chi connectivity index (χ3n) is 4.66. The number of carbonyl (C=O) groups excluding carboxylic acids is 1. The van der Waals surface area contributed by atoms with E-state index in [4.69, 9.17) is 0 Å². The molecule has 1 aromatic carbocycles. The first kappa shape index (κ1) is 17.5. The number of hydrogen-bond acceptors (Lipinski definition) is 4. The van der Waals surface area contributed by atoms with Crippen LogP contribution in [0.15, 0.2) is 30.5 Å². The van der Waals surface area contributed by atoms with Gasteiger partial charge in [-0.25, -0.2) is 9.07 Å². The van der Waals surface area contributed by atoms with Gasteiger partial charge in [0.1, 0.15) is 17.1 Å². The van der Waals surface area contributed by atoms with E-state index in [9.17, 15) is 14.3 Å². The first-order valence-corrected chi connectivity index (χ1v) is 8.54. The largest absolute Gasteiger partial charge is 0.381 e. The van der Waals surface area contributed by atoms with E-state index in [0.29, 0.717) is 31.5 Å². The van der Waals surface area contributed by atoms with Gasteiger partial charge in [0, 0.05) is 25.4 Å². The molecule has 1 aliphatic rings. The summed E-state index contributed by atoms with van der Waals surface area (Å²) in [7, 11) is 0. The Hall–Kier alpha value is -2.28. The average molecular weight is 346 g/mol. The van der Waals surface area contributed by atoms with Crippen molar-refractivity contribution in [1.29, 1.82) is 0 Å². The molecular formula is C18H23FN4O2. The maximum absolute atomic E-state index is 12.9. The van der Waals surface area contributed by atoms with E-state index in [-0.39, 0.29) is 24.3 Å². The van der Waals surface area contributed by atoms with E-state index in [1.165, 1.54) is 12.1 Å². The molecule has 1 N–H and O–H groups in total. The van der Waals surface area contributed by atoms with Crippen LogP contribution in [-0.2, 0) is 16.8 Å². The summed E-state index contributed by atoms with van der Waals surface area (Å²) in [4.78, 5) is 14.1. The SMILES string of the molecule is CC(C)n1cc([C@]2(O)CCN(C(=O)CCc3ccc(F)cc3)C2)nn1. The number of aliphatic hydroxyl groups is 1. The molecule has 0 radical (unpaired) electrons. The van der Waals surface area contributed by atoms with Crippen LogP contribution in [0, 0.1) is 5.82 Å². The van der Waals surface area contributed by atoms with E-state index >= 15 is 0 Å². The van der Waals surface area contributed by atoms with Gasteiger partial charge in [-0.2, -0.15) is 0 Å². The molecule has 1 saturated heterocycles. The van der Waals surface area contributed by atoms with Crippen molar-refractivity contribution >= 4 is 5.91 Å². The molecule has 1 atom stereocenters. The predicted molar refractivity (Wildman–Crippen MR) is 90.2 cm³/mol. The third kappa shape index (κ3) is 3.87. The van der Waals surface area contributed by atoms with Crippen LogP contribution in [-0.4, -0.2) is 44.0 Å². The number of aromatic nitrogens is 3. The van der Waals surface area contributed by atoms with Gasteiger partial charge in [0.15, 0.2) is 0 Å². The highest BCUT2D eigenvalue weighted by molar-refractivity contribution is 5.77. The topological polar surface area (TPSA) is 71.2 Å². The van der Waals surface area contributed by atoms with Crippen molar-refractivity contribution in [3.8, 4) is 0 Å². The van der Waals surface area contributed by atoms with Crippen LogP contribution in [0.2, 0.25) is 0 Å². The minimum absolute atomic E-state index is 0.0171. The van der Waals surface area contributed by atoms with Crippen LogP contribution >= 0.6 is 0 Å². The van der Waals surface area contributed by atoms with Crippen molar-refractivity contribution in [2.24, 2.45) is 0 Å². The first-order valence-electron chi connectivity index (χ1n) is 8.54. The number of nitrogens with zero attached hydrogens (tertiary/aromatic N) is 4. The molecule has 0 spiro atoms. The summed E-state index contributed by atoms with van der Waals surface area (Å²) < 4.78 is 14.6. The average Bonchev–Trinajstić information content (AvgIpc) is 3.22. The van der Waals surface area contributed by atoms with Crippen molar-refractivity contribution < 1.29 is 14.3 Å². The smallest absolute Gasteiger partial charge is 0.223 e. The molecule has 3 rings (SSSR count). The molecule has 1 amide bonds. The highest BCUT2D eigenvalue weighted by atomic mass is 19.1. The van der Waals surface area contributed by atoms with Crippen molar-refractivity contribution in [3.05, 3.63) is 47.5 Å². The Morgan fingerprint density at radius 3 is 2.72 bits per heavy atom. The molecule has 1 aliphatic heterocycles.